The van der Waals surface area contributed by atoms with Gasteiger partial charge in [0, 0.05) is 12.2 Å². The van der Waals surface area contributed by atoms with E-state index in [0.29, 0.717) is 0 Å². The number of nitrogens with one attached hydrogen (secondary N) is 2. The largest absolute Gasteiger partial charge is 0.384 e. The molecule has 2 rings (SSSR count). The topological polar surface area (TPSA) is 37.0 Å². The van der Waals surface area contributed by atoms with Gasteiger partial charge in [0.15, 0.2) is 0 Å². The second kappa shape index (κ2) is 5.12. The normalized spacial score (nSPS) is 17.7. The fraction of sp³-hybridized carbons (Fsp3) is 0.583. The SMILES string of the molecule is Cc1ccc(NCC2CCNCC2)cn1. The minimum Gasteiger partial charge on any atom is -0.384 e. The molecule has 0 aromatic carbocycles. The molecule has 0 bridgehead atoms. The maximum Gasteiger partial charge on any atom is 0.0527 e. The van der Waals surface area contributed by atoms with Crippen molar-refractivity contribution in [3.63, 3.8) is 0 Å². The summed E-state index contributed by atoms with van der Waals surface area (Å²) >= 11 is 0. The molecule has 0 saturated carbocycles. The quantitative estimate of drug-likeness (QED) is 0.790. The Balaban J connectivity index is 1.79. The molecule has 1 aromatic rings. The number of hydrogen-bond donors (Lipinski definition) is 2. The van der Waals surface area contributed by atoms with Crippen LogP contribution >= 0.6 is 0 Å². The zero-order valence-electron chi connectivity index (χ0n) is 9.29. The molecule has 2 N–H and O–H groups in total. The van der Waals surface area contributed by atoms with Crippen LogP contribution in [0.5, 0.6) is 0 Å². The van der Waals surface area contributed by atoms with Crippen LogP contribution in [0, 0.1) is 12.8 Å². The summed E-state index contributed by atoms with van der Waals surface area (Å²) in [6, 6.07) is 4.15. The Kier molecular flexibility index (Phi) is 3.56. The number of nitrogens with zero attached hydrogens (tertiary/aromatic N) is 1. The lowest BCUT2D eigenvalue weighted by Crippen LogP contribution is -2.31. The molecule has 15 heavy (non-hydrogen) atoms. The molecule has 0 aliphatic carbocycles. The van der Waals surface area contributed by atoms with Crippen molar-refractivity contribution in [1.29, 1.82) is 0 Å². The van der Waals surface area contributed by atoms with Crippen molar-refractivity contribution in [3.05, 3.63) is 24.0 Å². The van der Waals surface area contributed by atoms with E-state index in [1.165, 1.54) is 25.9 Å². The van der Waals surface area contributed by atoms with Crippen molar-refractivity contribution < 1.29 is 0 Å². The van der Waals surface area contributed by atoms with Crippen molar-refractivity contribution in [3.8, 4) is 0 Å². The molecule has 0 spiro atoms. The van der Waals surface area contributed by atoms with E-state index < -0.39 is 0 Å². The van der Waals surface area contributed by atoms with E-state index in [2.05, 4.69) is 21.7 Å². The zero-order chi connectivity index (χ0) is 10.5. The molecular weight excluding hydrogens is 186 g/mol. The molecule has 0 atom stereocenters. The maximum atomic E-state index is 4.27. The van der Waals surface area contributed by atoms with Crippen LogP contribution < -0.4 is 10.6 Å². The Hall–Kier alpha value is -1.09. The summed E-state index contributed by atoms with van der Waals surface area (Å²) in [4.78, 5) is 4.27. The molecule has 1 fully saturated rings. The van der Waals surface area contributed by atoms with Crippen LogP contribution in [0.4, 0.5) is 5.69 Å². The monoisotopic (exact) mass is 205 g/mol. The summed E-state index contributed by atoms with van der Waals surface area (Å²) in [5.74, 6) is 0.813. The highest BCUT2D eigenvalue weighted by molar-refractivity contribution is 5.40. The first-order valence-corrected chi connectivity index (χ1v) is 5.72. The smallest absolute Gasteiger partial charge is 0.0527 e. The van der Waals surface area contributed by atoms with Gasteiger partial charge in [0.25, 0.3) is 0 Å². The van der Waals surface area contributed by atoms with Crippen molar-refractivity contribution in [2.75, 3.05) is 25.0 Å². The highest BCUT2D eigenvalue weighted by Crippen LogP contribution is 2.13. The lowest BCUT2D eigenvalue weighted by Gasteiger charge is -2.23. The van der Waals surface area contributed by atoms with Gasteiger partial charge in [-0.15, -0.1) is 0 Å². The van der Waals surface area contributed by atoms with Gasteiger partial charge in [0.05, 0.1) is 11.9 Å². The van der Waals surface area contributed by atoms with Crippen molar-refractivity contribution in [1.82, 2.24) is 10.3 Å². The highest BCUT2D eigenvalue weighted by atomic mass is 14.9. The molecule has 1 saturated heterocycles. The average Bonchev–Trinajstić information content (AvgIpc) is 2.30. The van der Waals surface area contributed by atoms with E-state index >= 15 is 0 Å². The number of piperidine rings is 1. The molecular formula is C12H19N3. The van der Waals surface area contributed by atoms with E-state index in [1.54, 1.807) is 0 Å². The Morgan fingerprint density at radius 2 is 2.20 bits per heavy atom. The lowest BCUT2D eigenvalue weighted by atomic mass is 9.98. The summed E-state index contributed by atoms with van der Waals surface area (Å²) in [5, 5.41) is 6.83. The maximum absolute atomic E-state index is 4.27. The summed E-state index contributed by atoms with van der Waals surface area (Å²) in [5.41, 5.74) is 2.21. The standard InChI is InChI=1S/C12H19N3/c1-10-2-3-12(9-14-10)15-8-11-4-6-13-7-5-11/h2-3,9,11,13,15H,4-8H2,1H3. The van der Waals surface area contributed by atoms with Crippen LogP contribution in [0.3, 0.4) is 0 Å². The second-order valence-corrected chi connectivity index (χ2v) is 4.26. The van der Waals surface area contributed by atoms with Crippen LogP contribution in [-0.4, -0.2) is 24.6 Å². The summed E-state index contributed by atoms with van der Waals surface area (Å²) in [6.07, 6.45) is 4.48. The summed E-state index contributed by atoms with van der Waals surface area (Å²) < 4.78 is 0. The van der Waals surface area contributed by atoms with Gasteiger partial charge >= 0.3 is 0 Å². The Labute approximate surface area is 91.3 Å². The number of anilines is 1. The Morgan fingerprint density at radius 1 is 1.40 bits per heavy atom. The van der Waals surface area contributed by atoms with Gasteiger partial charge < -0.3 is 10.6 Å². The first-order chi connectivity index (χ1) is 7.34. The number of aryl methyl sites for hydroxylation is 1. The second-order valence-electron chi connectivity index (χ2n) is 4.26. The predicted octanol–water partition coefficient (Wildman–Crippen LogP) is 1.80. The molecule has 0 unspecified atom stereocenters. The van der Waals surface area contributed by atoms with Gasteiger partial charge in [-0.05, 0) is 50.9 Å². The molecule has 1 aliphatic heterocycles. The lowest BCUT2D eigenvalue weighted by molar-refractivity contribution is 0.390. The summed E-state index contributed by atoms with van der Waals surface area (Å²) in [7, 11) is 0. The zero-order valence-corrected chi connectivity index (χ0v) is 9.29. The number of hydrogen-bond acceptors (Lipinski definition) is 3. The van der Waals surface area contributed by atoms with Crippen molar-refractivity contribution in [2.45, 2.75) is 19.8 Å². The fourth-order valence-electron chi connectivity index (χ4n) is 1.92. The number of pyridine rings is 1. The third kappa shape index (κ3) is 3.20. The van der Waals surface area contributed by atoms with Crippen LogP contribution in [0.15, 0.2) is 18.3 Å². The van der Waals surface area contributed by atoms with Crippen LogP contribution in [0.2, 0.25) is 0 Å². The molecule has 82 valence electrons. The van der Waals surface area contributed by atoms with E-state index in [9.17, 15) is 0 Å². The molecule has 0 amide bonds. The van der Waals surface area contributed by atoms with Crippen molar-refractivity contribution in [2.24, 2.45) is 5.92 Å². The Bertz CT molecular complexity index is 288. The van der Waals surface area contributed by atoms with E-state index in [-0.39, 0.29) is 0 Å². The first-order valence-electron chi connectivity index (χ1n) is 5.72. The molecule has 0 radical (unpaired) electrons. The molecule has 3 heteroatoms. The number of rotatable bonds is 3. The van der Waals surface area contributed by atoms with Gasteiger partial charge in [0.1, 0.15) is 0 Å². The first kappa shape index (κ1) is 10.4. The highest BCUT2D eigenvalue weighted by Gasteiger charge is 2.12. The van der Waals surface area contributed by atoms with Gasteiger partial charge in [-0.1, -0.05) is 0 Å². The molecule has 1 aromatic heterocycles. The minimum atomic E-state index is 0.813. The third-order valence-electron chi connectivity index (χ3n) is 2.96. The molecule has 3 nitrogen and oxygen atoms in total. The Morgan fingerprint density at radius 3 is 2.87 bits per heavy atom. The van der Waals surface area contributed by atoms with Gasteiger partial charge in [-0.3, -0.25) is 4.98 Å². The molecule has 1 aliphatic rings. The molecule has 2 heterocycles. The van der Waals surface area contributed by atoms with Crippen LogP contribution in [0.25, 0.3) is 0 Å². The van der Waals surface area contributed by atoms with Gasteiger partial charge in [0.2, 0.25) is 0 Å². The van der Waals surface area contributed by atoms with E-state index in [4.69, 9.17) is 0 Å². The van der Waals surface area contributed by atoms with Gasteiger partial charge in [-0.25, -0.2) is 0 Å². The third-order valence-corrected chi connectivity index (χ3v) is 2.96. The average molecular weight is 205 g/mol. The number of aromatic nitrogens is 1. The van der Waals surface area contributed by atoms with Crippen LogP contribution in [-0.2, 0) is 0 Å². The van der Waals surface area contributed by atoms with Crippen molar-refractivity contribution >= 4 is 5.69 Å². The summed E-state index contributed by atoms with van der Waals surface area (Å²) in [6.45, 7) is 5.42. The predicted molar refractivity (Wildman–Crippen MR) is 63.1 cm³/mol. The van der Waals surface area contributed by atoms with E-state index in [1.807, 2.05) is 19.2 Å². The van der Waals surface area contributed by atoms with Crippen LogP contribution in [0.1, 0.15) is 18.5 Å². The van der Waals surface area contributed by atoms with E-state index in [0.717, 1.165) is 23.8 Å². The fourth-order valence-corrected chi connectivity index (χ4v) is 1.92. The minimum absolute atomic E-state index is 0.813. The van der Waals surface area contributed by atoms with Gasteiger partial charge in [-0.2, -0.15) is 0 Å².